The molecule has 0 unspecified atom stereocenters. The summed E-state index contributed by atoms with van der Waals surface area (Å²) in [6.45, 7) is 3.26. The summed E-state index contributed by atoms with van der Waals surface area (Å²) in [5.74, 6) is -0.872. The lowest BCUT2D eigenvalue weighted by Gasteiger charge is -2.11. The third-order valence-electron chi connectivity index (χ3n) is 4.66. The van der Waals surface area contributed by atoms with Crippen LogP contribution < -0.4 is 11.1 Å². The topological polar surface area (TPSA) is 119 Å². The standard InChI is InChI=1S/C17H21N5O4S/c1-9-15(22(25)26-3)10(2)21(20-9)8-13(23)19-17-14(16(18)24)11-6-4-5-7-12(11)27-17/h4-8H2,1-3H3,(H2-,18,19,23,24)/p+1. The molecule has 1 aliphatic rings. The molecule has 0 spiro atoms. The number of carbonyl (C=O) groups excluding carboxylic acids is 2. The molecule has 0 aliphatic heterocycles. The summed E-state index contributed by atoms with van der Waals surface area (Å²) >= 11 is 1.41. The lowest BCUT2D eigenvalue weighted by Crippen LogP contribution is -2.22. The van der Waals surface area contributed by atoms with Crippen LogP contribution in [-0.4, -0.2) is 33.6 Å². The highest BCUT2D eigenvalue weighted by atomic mass is 32.1. The second-order valence-corrected chi connectivity index (χ2v) is 7.55. The van der Waals surface area contributed by atoms with Gasteiger partial charge in [-0.1, -0.05) is 0 Å². The number of amides is 2. The number of aryl methyl sites for hydroxylation is 2. The molecule has 27 heavy (non-hydrogen) atoms. The molecule has 0 saturated heterocycles. The number of rotatable bonds is 6. The molecule has 2 heterocycles. The second-order valence-electron chi connectivity index (χ2n) is 6.44. The van der Waals surface area contributed by atoms with E-state index in [1.807, 2.05) is 0 Å². The number of nitrogens with zero attached hydrogens (tertiary/aromatic N) is 3. The van der Waals surface area contributed by atoms with Crippen LogP contribution in [0.4, 0.5) is 10.7 Å². The van der Waals surface area contributed by atoms with Gasteiger partial charge in [-0.25, -0.2) is 4.84 Å². The fourth-order valence-corrected chi connectivity index (χ4v) is 4.72. The minimum Gasteiger partial charge on any atom is -0.365 e. The maximum absolute atomic E-state index is 12.5. The maximum atomic E-state index is 12.5. The zero-order chi connectivity index (χ0) is 19.7. The van der Waals surface area contributed by atoms with E-state index in [1.54, 1.807) is 13.8 Å². The van der Waals surface area contributed by atoms with Crippen LogP contribution in [-0.2, 0) is 29.0 Å². The summed E-state index contributed by atoms with van der Waals surface area (Å²) in [5.41, 5.74) is 8.18. The predicted molar refractivity (Wildman–Crippen MR) is 100 cm³/mol. The first-order valence-electron chi connectivity index (χ1n) is 8.63. The molecule has 10 heteroatoms. The zero-order valence-electron chi connectivity index (χ0n) is 15.5. The number of fused-ring (bicyclic) bond motifs is 1. The largest absolute Gasteiger partial charge is 0.365 e. The van der Waals surface area contributed by atoms with Gasteiger partial charge in [0, 0.05) is 4.88 Å². The van der Waals surface area contributed by atoms with Gasteiger partial charge in [-0.2, -0.15) is 5.10 Å². The van der Waals surface area contributed by atoms with E-state index in [2.05, 4.69) is 15.3 Å². The number of nitrogens with two attached hydrogens (primary N) is 1. The van der Waals surface area contributed by atoms with Gasteiger partial charge in [-0.15, -0.1) is 11.3 Å². The van der Waals surface area contributed by atoms with Crippen molar-refractivity contribution < 1.29 is 19.3 Å². The number of carbonyl (C=O) groups is 2. The molecule has 0 bridgehead atoms. The molecule has 144 valence electrons. The van der Waals surface area contributed by atoms with Gasteiger partial charge in [0.15, 0.2) is 7.11 Å². The number of primary amides is 1. The monoisotopic (exact) mass is 392 g/mol. The molecule has 0 aromatic carbocycles. The summed E-state index contributed by atoms with van der Waals surface area (Å²) in [4.78, 5) is 42.4. The van der Waals surface area contributed by atoms with E-state index in [0.717, 1.165) is 36.1 Å². The minimum absolute atomic E-state index is 0.0923. The van der Waals surface area contributed by atoms with Crippen LogP contribution in [0.2, 0.25) is 0 Å². The van der Waals surface area contributed by atoms with E-state index < -0.39 is 5.91 Å². The normalized spacial score (nSPS) is 13.1. The SMILES string of the molecule is CO[N+](=O)c1c(C)nn(CC(=O)Nc2sc3c(c2C(N)=O)CCCC3)c1C. The highest BCUT2D eigenvalue weighted by Gasteiger charge is 2.29. The molecule has 2 aromatic heterocycles. The van der Waals surface area contributed by atoms with Gasteiger partial charge in [0.1, 0.15) is 22.9 Å². The molecule has 3 rings (SSSR count). The van der Waals surface area contributed by atoms with Crippen molar-refractivity contribution in [3.05, 3.63) is 32.3 Å². The van der Waals surface area contributed by atoms with Crippen LogP contribution in [0.1, 0.15) is 45.0 Å². The van der Waals surface area contributed by atoms with E-state index in [-0.39, 0.29) is 18.1 Å². The van der Waals surface area contributed by atoms with Crippen molar-refractivity contribution in [1.82, 2.24) is 9.78 Å². The lowest BCUT2D eigenvalue weighted by atomic mass is 9.95. The average Bonchev–Trinajstić information content (AvgIpc) is 3.11. The number of hydrogen-bond acceptors (Lipinski definition) is 6. The first kappa shape index (κ1) is 19.0. The van der Waals surface area contributed by atoms with Gasteiger partial charge >= 0.3 is 5.69 Å². The third-order valence-corrected chi connectivity index (χ3v) is 5.86. The Balaban J connectivity index is 1.82. The summed E-state index contributed by atoms with van der Waals surface area (Å²) in [7, 11) is 1.26. The van der Waals surface area contributed by atoms with E-state index in [0.29, 0.717) is 26.9 Å². The van der Waals surface area contributed by atoms with Crippen molar-refractivity contribution in [2.45, 2.75) is 46.1 Å². The smallest absolute Gasteiger partial charge is 0.359 e. The van der Waals surface area contributed by atoms with Gasteiger partial charge in [0.25, 0.3) is 10.8 Å². The van der Waals surface area contributed by atoms with Crippen LogP contribution in [0.15, 0.2) is 0 Å². The zero-order valence-corrected chi connectivity index (χ0v) is 16.3. The Morgan fingerprint density at radius 1 is 1.33 bits per heavy atom. The maximum Gasteiger partial charge on any atom is 0.359 e. The third kappa shape index (κ3) is 3.57. The first-order valence-corrected chi connectivity index (χ1v) is 9.44. The van der Waals surface area contributed by atoms with Crippen molar-refractivity contribution in [1.29, 1.82) is 0 Å². The average molecular weight is 392 g/mol. The van der Waals surface area contributed by atoms with Gasteiger partial charge < -0.3 is 11.1 Å². The number of thiophene rings is 1. The Morgan fingerprint density at radius 2 is 2.04 bits per heavy atom. The number of hydrogen-bond donors (Lipinski definition) is 2. The lowest BCUT2D eigenvalue weighted by molar-refractivity contribution is -0.737. The van der Waals surface area contributed by atoms with E-state index in [1.165, 1.54) is 23.1 Å². The van der Waals surface area contributed by atoms with Crippen LogP contribution >= 0.6 is 11.3 Å². The van der Waals surface area contributed by atoms with Crippen molar-refractivity contribution in [3.63, 3.8) is 0 Å². The minimum atomic E-state index is -0.528. The molecule has 2 aromatic rings. The predicted octanol–water partition coefficient (Wildman–Crippen LogP) is 2.15. The Kier molecular flexibility index (Phi) is 5.26. The summed E-state index contributed by atoms with van der Waals surface area (Å²) in [6, 6.07) is 0. The second kappa shape index (κ2) is 7.47. The van der Waals surface area contributed by atoms with Gasteiger partial charge in [0.05, 0.1) is 10.5 Å². The quantitative estimate of drug-likeness (QED) is 0.730. The molecule has 3 N–H and O–H groups in total. The number of nitrogens with one attached hydrogen (secondary N) is 1. The summed E-state index contributed by atoms with van der Waals surface area (Å²) < 4.78 is 1.43. The Labute approximate surface area is 160 Å². The number of aromatic nitrogens is 2. The van der Waals surface area contributed by atoms with Crippen molar-refractivity contribution in [3.8, 4) is 0 Å². The van der Waals surface area contributed by atoms with Crippen LogP contribution in [0.25, 0.3) is 0 Å². The molecular formula is C17H22N5O4S+. The van der Waals surface area contributed by atoms with E-state index >= 15 is 0 Å². The van der Waals surface area contributed by atoms with Crippen molar-refractivity contribution in [2.75, 3.05) is 12.4 Å². The van der Waals surface area contributed by atoms with Gasteiger partial charge in [-0.3, -0.25) is 14.3 Å². The van der Waals surface area contributed by atoms with Crippen LogP contribution in [0.5, 0.6) is 0 Å². The molecule has 9 nitrogen and oxygen atoms in total. The van der Waals surface area contributed by atoms with Gasteiger partial charge in [-0.05, 0) is 45.1 Å². The summed E-state index contributed by atoms with van der Waals surface area (Å²) in [6.07, 6.45) is 3.78. The molecule has 0 radical (unpaired) electrons. The van der Waals surface area contributed by atoms with Crippen molar-refractivity contribution >= 4 is 33.8 Å². The summed E-state index contributed by atoms with van der Waals surface area (Å²) in [5, 5.41) is 7.51. The molecule has 0 atom stereocenters. The van der Waals surface area contributed by atoms with Gasteiger partial charge in [0.2, 0.25) is 5.91 Å². The Morgan fingerprint density at radius 3 is 2.70 bits per heavy atom. The molecule has 2 amide bonds. The van der Waals surface area contributed by atoms with Crippen LogP contribution in [0.3, 0.4) is 0 Å². The highest BCUT2D eigenvalue weighted by molar-refractivity contribution is 7.17. The first-order chi connectivity index (χ1) is 12.8. The van der Waals surface area contributed by atoms with Crippen LogP contribution in [0, 0.1) is 18.8 Å². The van der Waals surface area contributed by atoms with E-state index in [4.69, 9.17) is 5.73 Å². The Hall–Kier alpha value is -2.75. The molecule has 0 fully saturated rings. The fourth-order valence-electron chi connectivity index (χ4n) is 3.41. The van der Waals surface area contributed by atoms with E-state index in [9.17, 15) is 14.5 Å². The highest BCUT2D eigenvalue weighted by Crippen LogP contribution is 2.37. The molecular weight excluding hydrogens is 370 g/mol. The van der Waals surface area contributed by atoms with Crippen molar-refractivity contribution in [2.24, 2.45) is 5.73 Å². The molecule has 0 saturated carbocycles. The molecule has 1 aliphatic carbocycles. The fraction of sp³-hybridized carbons (Fsp3) is 0.471. The number of anilines is 1. The Bertz CT molecular complexity index is 930.